The van der Waals surface area contributed by atoms with Gasteiger partial charge in [-0.25, -0.2) is 0 Å². The summed E-state index contributed by atoms with van der Waals surface area (Å²) in [6.45, 7) is 8.43. The molecule has 1 unspecified atom stereocenters. The Morgan fingerprint density at radius 2 is 1.73 bits per heavy atom. The third kappa shape index (κ3) is 5.81. The van der Waals surface area contributed by atoms with Gasteiger partial charge in [0.2, 0.25) is 11.8 Å². The van der Waals surface area contributed by atoms with E-state index < -0.39 is 6.04 Å². The SMILES string of the molecule is Cc1ccc(C(CNC(=O)CNC(=O)[C@@H](N)C(C)C)N2CCCC2)cc1. The van der Waals surface area contributed by atoms with Gasteiger partial charge in [-0.1, -0.05) is 43.7 Å². The molecule has 1 heterocycles. The summed E-state index contributed by atoms with van der Waals surface area (Å²) in [6, 6.07) is 8.05. The van der Waals surface area contributed by atoms with Crippen LogP contribution in [0.3, 0.4) is 0 Å². The molecule has 1 aliphatic rings. The molecule has 1 saturated heterocycles. The van der Waals surface area contributed by atoms with Gasteiger partial charge in [0.25, 0.3) is 0 Å². The number of carbonyl (C=O) groups excluding carboxylic acids is 2. The number of benzene rings is 1. The second-order valence-corrected chi connectivity index (χ2v) is 7.46. The van der Waals surface area contributed by atoms with Crippen molar-refractivity contribution in [2.75, 3.05) is 26.2 Å². The summed E-state index contributed by atoms with van der Waals surface area (Å²) in [4.78, 5) is 26.4. The zero-order valence-corrected chi connectivity index (χ0v) is 16.1. The Morgan fingerprint density at radius 1 is 1.12 bits per heavy atom. The molecule has 6 heteroatoms. The summed E-state index contributed by atoms with van der Waals surface area (Å²) in [5.41, 5.74) is 8.22. The van der Waals surface area contributed by atoms with E-state index >= 15 is 0 Å². The first kappa shape index (κ1) is 20.4. The molecule has 1 fully saturated rings. The average molecular weight is 361 g/mol. The number of aryl methyl sites for hydroxylation is 1. The second-order valence-electron chi connectivity index (χ2n) is 7.46. The molecule has 0 bridgehead atoms. The number of nitrogens with two attached hydrogens (primary N) is 1. The van der Waals surface area contributed by atoms with E-state index in [1.54, 1.807) is 0 Å². The van der Waals surface area contributed by atoms with Gasteiger partial charge in [-0.05, 0) is 44.3 Å². The van der Waals surface area contributed by atoms with Gasteiger partial charge in [-0.2, -0.15) is 0 Å². The minimum absolute atomic E-state index is 0.0409. The Morgan fingerprint density at radius 3 is 2.31 bits per heavy atom. The van der Waals surface area contributed by atoms with Crippen molar-refractivity contribution < 1.29 is 9.59 Å². The molecule has 2 amide bonds. The Balaban J connectivity index is 1.89. The Bertz CT molecular complexity index is 594. The van der Waals surface area contributed by atoms with Gasteiger partial charge in [0.15, 0.2) is 0 Å². The highest BCUT2D eigenvalue weighted by atomic mass is 16.2. The maximum absolute atomic E-state index is 12.2. The van der Waals surface area contributed by atoms with Crippen molar-refractivity contribution >= 4 is 11.8 Å². The van der Waals surface area contributed by atoms with Crippen molar-refractivity contribution in [3.8, 4) is 0 Å². The lowest BCUT2D eigenvalue weighted by Crippen LogP contribution is -2.48. The van der Waals surface area contributed by atoms with E-state index in [1.165, 1.54) is 24.0 Å². The quantitative estimate of drug-likeness (QED) is 0.653. The molecule has 26 heavy (non-hydrogen) atoms. The topological polar surface area (TPSA) is 87.5 Å². The van der Waals surface area contributed by atoms with Crippen LogP contribution in [0.5, 0.6) is 0 Å². The lowest BCUT2D eigenvalue weighted by molar-refractivity contribution is -0.127. The van der Waals surface area contributed by atoms with Crippen LogP contribution < -0.4 is 16.4 Å². The lowest BCUT2D eigenvalue weighted by Gasteiger charge is -2.28. The van der Waals surface area contributed by atoms with Crippen molar-refractivity contribution in [2.24, 2.45) is 11.7 Å². The molecule has 2 atom stereocenters. The van der Waals surface area contributed by atoms with Gasteiger partial charge in [-0.15, -0.1) is 0 Å². The molecule has 0 aromatic heterocycles. The van der Waals surface area contributed by atoms with E-state index in [2.05, 4.69) is 46.7 Å². The fourth-order valence-corrected chi connectivity index (χ4v) is 3.16. The van der Waals surface area contributed by atoms with Crippen LogP contribution in [-0.4, -0.2) is 48.9 Å². The van der Waals surface area contributed by atoms with Crippen LogP contribution in [0.1, 0.15) is 43.9 Å². The molecule has 1 aromatic rings. The molecule has 0 saturated carbocycles. The molecular weight excluding hydrogens is 328 g/mol. The first-order chi connectivity index (χ1) is 12.4. The van der Waals surface area contributed by atoms with E-state index in [-0.39, 0.29) is 30.3 Å². The average Bonchev–Trinajstić information content (AvgIpc) is 3.14. The fraction of sp³-hybridized carbons (Fsp3) is 0.600. The second kappa shape index (κ2) is 9.69. The highest BCUT2D eigenvalue weighted by Crippen LogP contribution is 2.24. The Kier molecular flexibility index (Phi) is 7.60. The summed E-state index contributed by atoms with van der Waals surface area (Å²) in [6.07, 6.45) is 2.39. The zero-order chi connectivity index (χ0) is 19.1. The van der Waals surface area contributed by atoms with Gasteiger partial charge in [-0.3, -0.25) is 14.5 Å². The zero-order valence-electron chi connectivity index (χ0n) is 16.1. The van der Waals surface area contributed by atoms with E-state index in [4.69, 9.17) is 5.73 Å². The van der Waals surface area contributed by atoms with Gasteiger partial charge in [0.1, 0.15) is 0 Å². The van der Waals surface area contributed by atoms with E-state index in [1.807, 2.05) is 13.8 Å². The minimum Gasteiger partial charge on any atom is -0.353 e. The minimum atomic E-state index is -0.590. The molecule has 6 nitrogen and oxygen atoms in total. The highest BCUT2D eigenvalue weighted by molar-refractivity contribution is 5.87. The highest BCUT2D eigenvalue weighted by Gasteiger charge is 2.24. The third-order valence-electron chi connectivity index (χ3n) is 4.98. The van der Waals surface area contributed by atoms with Gasteiger partial charge in [0, 0.05) is 6.54 Å². The number of nitrogens with one attached hydrogen (secondary N) is 2. The summed E-state index contributed by atoms with van der Waals surface area (Å²) in [5, 5.41) is 5.57. The number of rotatable bonds is 8. The van der Waals surface area contributed by atoms with Gasteiger partial charge < -0.3 is 16.4 Å². The molecular formula is C20H32N4O2. The maximum atomic E-state index is 12.2. The number of hydrogen-bond donors (Lipinski definition) is 3. The number of amides is 2. The van der Waals surface area contributed by atoms with Crippen LogP contribution in [0.4, 0.5) is 0 Å². The fourth-order valence-electron chi connectivity index (χ4n) is 3.16. The number of likely N-dealkylation sites (tertiary alicyclic amines) is 1. The standard InChI is InChI=1S/C20H32N4O2/c1-14(2)19(21)20(26)23-13-18(25)22-12-17(24-10-4-5-11-24)16-8-6-15(3)7-9-16/h6-9,14,17,19H,4-5,10-13,21H2,1-3H3,(H,22,25)(H,23,26)/t17?,19-/m0/s1. The first-order valence-corrected chi connectivity index (χ1v) is 9.49. The van der Waals surface area contributed by atoms with Gasteiger partial charge in [0.05, 0.1) is 18.6 Å². The Hall–Kier alpha value is -1.92. The first-order valence-electron chi connectivity index (χ1n) is 9.49. The molecule has 144 valence electrons. The molecule has 1 aliphatic heterocycles. The number of nitrogens with zero attached hydrogens (tertiary/aromatic N) is 1. The van der Waals surface area contributed by atoms with Crippen LogP contribution in [0, 0.1) is 12.8 Å². The molecule has 1 aromatic carbocycles. The molecule has 0 aliphatic carbocycles. The Labute approximate surface area is 156 Å². The van der Waals surface area contributed by atoms with Crippen LogP contribution in [0.15, 0.2) is 24.3 Å². The predicted octanol–water partition coefficient (Wildman–Crippen LogP) is 1.35. The molecule has 2 rings (SSSR count). The third-order valence-corrected chi connectivity index (χ3v) is 4.98. The molecule has 4 N–H and O–H groups in total. The normalized spacial score (nSPS) is 17.1. The van der Waals surface area contributed by atoms with E-state index in [9.17, 15) is 9.59 Å². The maximum Gasteiger partial charge on any atom is 0.239 e. The predicted molar refractivity (Wildman–Crippen MR) is 104 cm³/mol. The molecule has 0 spiro atoms. The van der Waals surface area contributed by atoms with Gasteiger partial charge >= 0.3 is 0 Å². The molecule has 0 radical (unpaired) electrons. The van der Waals surface area contributed by atoms with Crippen molar-refractivity contribution in [3.05, 3.63) is 35.4 Å². The summed E-state index contributed by atoms with van der Waals surface area (Å²) >= 11 is 0. The van der Waals surface area contributed by atoms with Crippen LogP contribution in [0.2, 0.25) is 0 Å². The number of hydrogen-bond acceptors (Lipinski definition) is 4. The van der Waals surface area contributed by atoms with Crippen molar-refractivity contribution in [2.45, 2.75) is 45.7 Å². The summed E-state index contributed by atoms with van der Waals surface area (Å²) in [7, 11) is 0. The van der Waals surface area contributed by atoms with Crippen molar-refractivity contribution in [1.29, 1.82) is 0 Å². The van der Waals surface area contributed by atoms with Crippen LogP contribution in [-0.2, 0) is 9.59 Å². The smallest absolute Gasteiger partial charge is 0.239 e. The monoisotopic (exact) mass is 360 g/mol. The van der Waals surface area contributed by atoms with Crippen molar-refractivity contribution in [1.82, 2.24) is 15.5 Å². The van der Waals surface area contributed by atoms with Crippen LogP contribution >= 0.6 is 0 Å². The van der Waals surface area contributed by atoms with E-state index in [0.717, 1.165) is 13.1 Å². The largest absolute Gasteiger partial charge is 0.353 e. The van der Waals surface area contributed by atoms with Crippen molar-refractivity contribution in [3.63, 3.8) is 0 Å². The summed E-state index contributed by atoms with van der Waals surface area (Å²) < 4.78 is 0. The van der Waals surface area contributed by atoms with Crippen LogP contribution in [0.25, 0.3) is 0 Å². The summed E-state index contributed by atoms with van der Waals surface area (Å²) in [5.74, 6) is -0.436. The van der Waals surface area contributed by atoms with E-state index in [0.29, 0.717) is 6.54 Å². The number of carbonyl (C=O) groups is 2. The lowest BCUT2D eigenvalue weighted by atomic mass is 10.0.